The quantitative estimate of drug-likeness (QED) is 0.448. The van der Waals surface area contributed by atoms with Gasteiger partial charge in [-0.05, 0) is 0 Å². The second kappa shape index (κ2) is 6.64. The molecule has 0 saturated carbocycles. The van der Waals surface area contributed by atoms with Gasteiger partial charge in [0.2, 0.25) is 0 Å². The molecule has 1 aromatic carbocycles. The Morgan fingerprint density at radius 2 is 1.93 bits per heavy atom. The van der Waals surface area contributed by atoms with Gasteiger partial charge in [-0.2, -0.15) is 0 Å². The Morgan fingerprint density at radius 1 is 1.21 bits per heavy atom. The average molecular weight is 172 g/mol. The Kier molecular flexibility index (Phi) is 5.35. The van der Waals surface area contributed by atoms with Crippen LogP contribution in [0.1, 0.15) is 11.1 Å². The van der Waals surface area contributed by atoms with E-state index in [2.05, 4.69) is 24.0 Å². The zero-order valence-electron chi connectivity index (χ0n) is 8.22. The number of nitrogens with zero attached hydrogens (tertiary/aromatic N) is 1. The number of hydrogen-bond acceptors (Lipinski definition) is 1. The summed E-state index contributed by atoms with van der Waals surface area (Å²) in [7, 11) is 5.15. The van der Waals surface area contributed by atoms with E-state index in [-0.39, 0.29) is 0 Å². The third-order valence-electron chi connectivity index (χ3n) is 1.70. The van der Waals surface area contributed by atoms with Crippen LogP contribution in [0.5, 0.6) is 0 Å². The summed E-state index contributed by atoms with van der Waals surface area (Å²) >= 11 is 0. The van der Waals surface area contributed by atoms with Gasteiger partial charge in [0.15, 0.2) is 0 Å². The number of hydrogen-bond donors (Lipinski definition) is 0. The van der Waals surface area contributed by atoms with Gasteiger partial charge in [0.05, 0.1) is 0 Å². The van der Waals surface area contributed by atoms with Gasteiger partial charge in [-0.1, -0.05) is 0 Å². The van der Waals surface area contributed by atoms with E-state index in [0.717, 1.165) is 5.56 Å². The van der Waals surface area contributed by atoms with Crippen molar-refractivity contribution in [3.63, 3.8) is 0 Å². The summed E-state index contributed by atoms with van der Waals surface area (Å²) in [5, 5.41) is 0. The molecular weight excluding hydrogens is 164 g/mol. The Labute approximate surface area is 88.6 Å². The van der Waals surface area contributed by atoms with Crippen LogP contribution < -0.4 is 0 Å². The SMILES string of the molecule is [B]B=BB=BN=Cc1ccc(C)cc1. The van der Waals surface area contributed by atoms with Crippen molar-refractivity contribution in [2.24, 2.45) is 4.90 Å². The fraction of sp³-hybridized carbons (Fsp3) is 0.125. The van der Waals surface area contributed by atoms with E-state index >= 15 is 0 Å². The molecule has 2 radical (unpaired) electrons. The first kappa shape index (κ1) is 11.3. The van der Waals surface area contributed by atoms with E-state index in [4.69, 9.17) is 7.74 Å². The summed E-state index contributed by atoms with van der Waals surface area (Å²) in [6.45, 7) is 8.74. The van der Waals surface area contributed by atoms with Gasteiger partial charge in [-0.25, -0.2) is 0 Å². The van der Waals surface area contributed by atoms with Crippen LogP contribution in [-0.4, -0.2) is 41.0 Å². The molecule has 0 heterocycles. The summed E-state index contributed by atoms with van der Waals surface area (Å²) in [5.41, 5.74) is 2.35. The second-order valence-electron chi connectivity index (χ2n) is 2.92. The van der Waals surface area contributed by atoms with Crippen LogP contribution >= 0.6 is 0 Å². The number of rotatable bonds is 3. The van der Waals surface area contributed by atoms with E-state index < -0.39 is 0 Å². The predicted molar refractivity (Wildman–Crippen MR) is 67.5 cm³/mol. The van der Waals surface area contributed by atoms with Crippen LogP contribution in [0.2, 0.25) is 0 Å². The molecule has 0 spiro atoms. The van der Waals surface area contributed by atoms with Gasteiger partial charge in [-0.3, -0.25) is 0 Å². The van der Waals surface area contributed by atoms with Crippen molar-refractivity contribution in [3.8, 4) is 0 Å². The molecule has 0 aliphatic heterocycles. The van der Waals surface area contributed by atoms with E-state index in [1.54, 1.807) is 26.5 Å². The van der Waals surface area contributed by atoms with Crippen LogP contribution in [0.3, 0.4) is 0 Å². The molecule has 0 N–H and O–H groups in total. The topological polar surface area (TPSA) is 12.4 Å². The number of aryl methyl sites for hydroxylation is 1. The molecule has 6 heteroatoms. The van der Waals surface area contributed by atoms with E-state index in [1.807, 2.05) is 12.1 Å². The first-order valence-corrected chi connectivity index (χ1v) is 4.46. The second-order valence-corrected chi connectivity index (χ2v) is 2.92. The monoisotopic (exact) mass is 173 g/mol. The summed E-state index contributed by atoms with van der Waals surface area (Å²) in [4.78, 5) is 4.10. The van der Waals surface area contributed by atoms with Crippen molar-refractivity contribution >= 4 is 41.0 Å². The molecule has 0 aliphatic rings. The van der Waals surface area contributed by atoms with Crippen molar-refractivity contribution in [1.82, 2.24) is 0 Å². The van der Waals surface area contributed by atoms with Crippen LogP contribution in [0.4, 0.5) is 0 Å². The molecule has 0 bridgehead atoms. The summed E-state index contributed by atoms with van der Waals surface area (Å²) in [6, 6.07) is 8.19. The van der Waals surface area contributed by atoms with Gasteiger partial charge in [0, 0.05) is 0 Å². The fourth-order valence-corrected chi connectivity index (χ4v) is 0.945. The molecular formula is C8H8B5N. The van der Waals surface area contributed by atoms with Gasteiger partial charge in [-0.15, -0.1) is 0 Å². The third-order valence-corrected chi connectivity index (χ3v) is 1.70. The summed E-state index contributed by atoms with van der Waals surface area (Å²) in [5.74, 6) is 0. The molecule has 1 aromatic rings. The van der Waals surface area contributed by atoms with Crippen molar-refractivity contribution in [2.75, 3.05) is 0 Å². The molecule has 0 saturated heterocycles. The van der Waals surface area contributed by atoms with E-state index in [1.165, 1.54) is 12.3 Å². The van der Waals surface area contributed by atoms with Crippen LogP contribution in [0, 0.1) is 6.92 Å². The molecule has 0 fully saturated rings. The number of benzene rings is 1. The molecule has 60 valence electrons. The van der Waals surface area contributed by atoms with E-state index in [0.29, 0.717) is 0 Å². The van der Waals surface area contributed by atoms with Crippen molar-refractivity contribution < 1.29 is 0 Å². The molecule has 1 rings (SSSR count). The Balaban J connectivity index is 2.56. The Hall–Kier alpha value is -0.785. The van der Waals surface area contributed by atoms with Crippen LogP contribution in [0.15, 0.2) is 29.2 Å². The van der Waals surface area contributed by atoms with Gasteiger partial charge < -0.3 is 0 Å². The van der Waals surface area contributed by atoms with Crippen molar-refractivity contribution in [1.29, 1.82) is 0 Å². The van der Waals surface area contributed by atoms with Crippen LogP contribution in [0.25, 0.3) is 0 Å². The standard InChI is InChI=1S/C8H8B5N/c1-7-2-4-8(5-3-7)6-14-13-12-11-10-9/h2-6H,1H3. The first-order valence-electron chi connectivity index (χ1n) is 4.46. The third kappa shape index (κ3) is 4.45. The Morgan fingerprint density at radius 3 is 2.57 bits per heavy atom. The van der Waals surface area contributed by atoms with Crippen molar-refractivity contribution in [2.45, 2.75) is 6.92 Å². The maximum atomic E-state index is 5.15. The zero-order chi connectivity index (χ0) is 10.2. The average Bonchev–Trinajstić information content (AvgIpc) is 2.21. The minimum absolute atomic E-state index is 1.09. The molecule has 0 aliphatic carbocycles. The summed E-state index contributed by atoms with van der Waals surface area (Å²) < 4.78 is 0. The zero-order valence-corrected chi connectivity index (χ0v) is 8.22. The molecule has 14 heavy (non-hydrogen) atoms. The summed E-state index contributed by atoms with van der Waals surface area (Å²) in [6.07, 6.45) is 1.81. The molecule has 0 aromatic heterocycles. The maximum absolute atomic E-state index is 5.15. The minimum atomic E-state index is 1.09. The molecule has 0 atom stereocenters. The molecule has 1 nitrogen and oxygen atoms in total. The fourth-order valence-electron chi connectivity index (χ4n) is 0.945. The van der Waals surface area contributed by atoms with Gasteiger partial charge in [0.1, 0.15) is 0 Å². The molecule has 0 unspecified atom stereocenters. The first-order chi connectivity index (χ1) is 6.83. The predicted octanol–water partition coefficient (Wildman–Crippen LogP) is -0.0258. The van der Waals surface area contributed by atoms with Gasteiger partial charge in [0.25, 0.3) is 0 Å². The normalized spacial score (nSPS) is 9.79. The molecule has 0 amide bonds. The Bertz CT molecular complexity index is 354. The van der Waals surface area contributed by atoms with Crippen molar-refractivity contribution in [3.05, 3.63) is 35.4 Å². The van der Waals surface area contributed by atoms with Gasteiger partial charge >= 0.3 is 88.2 Å². The van der Waals surface area contributed by atoms with Crippen LogP contribution in [-0.2, 0) is 0 Å². The van der Waals surface area contributed by atoms with E-state index in [9.17, 15) is 0 Å².